The Morgan fingerprint density at radius 2 is 2.00 bits per heavy atom. The predicted octanol–water partition coefficient (Wildman–Crippen LogP) is 1.34. The van der Waals surface area contributed by atoms with Crippen molar-refractivity contribution in [3.05, 3.63) is 43.1 Å². The predicted molar refractivity (Wildman–Crippen MR) is 44.1 cm³/mol. The molecule has 0 saturated heterocycles. The fourth-order valence-electron chi connectivity index (χ4n) is 0.919. The maximum atomic E-state index is 4.04. The SMILES string of the molecule is [c]1cccc(-c2cncnc2)n1. The molecule has 0 bridgehead atoms. The Kier molecular flexibility index (Phi) is 1.78. The van der Waals surface area contributed by atoms with Crippen LogP contribution in [0.25, 0.3) is 11.3 Å². The molecule has 0 spiro atoms. The van der Waals surface area contributed by atoms with E-state index in [9.17, 15) is 0 Å². The lowest BCUT2D eigenvalue weighted by Crippen LogP contribution is -1.84. The van der Waals surface area contributed by atoms with Gasteiger partial charge in [-0.15, -0.1) is 0 Å². The van der Waals surface area contributed by atoms with E-state index in [4.69, 9.17) is 0 Å². The molecule has 0 aliphatic rings. The van der Waals surface area contributed by atoms with Crippen molar-refractivity contribution in [2.24, 2.45) is 0 Å². The Morgan fingerprint density at radius 1 is 1.17 bits per heavy atom. The third-order valence-electron chi connectivity index (χ3n) is 1.47. The van der Waals surface area contributed by atoms with Crippen LogP contribution >= 0.6 is 0 Å². The third kappa shape index (κ3) is 1.29. The average molecular weight is 156 g/mol. The maximum Gasteiger partial charge on any atom is 0.115 e. The molecule has 0 N–H and O–H groups in total. The Balaban J connectivity index is 2.46. The Labute approximate surface area is 70.1 Å². The summed E-state index contributed by atoms with van der Waals surface area (Å²) in [5.41, 5.74) is 1.76. The second-order valence-corrected chi connectivity index (χ2v) is 2.28. The van der Waals surface area contributed by atoms with Crippen molar-refractivity contribution in [2.75, 3.05) is 0 Å². The molecule has 0 amide bonds. The van der Waals surface area contributed by atoms with E-state index >= 15 is 0 Å². The van der Waals surface area contributed by atoms with Crippen LogP contribution in [0.2, 0.25) is 0 Å². The van der Waals surface area contributed by atoms with Crippen LogP contribution in [-0.4, -0.2) is 15.0 Å². The maximum absolute atomic E-state index is 4.04. The highest BCUT2D eigenvalue weighted by Crippen LogP contribution is 2.11. The molecule has 12 heavy (non-hydrogen) atoms. The molecule has 0 aliphatic heterocycles. The van der Waals surface area contributed by atoms with E-state index in [1.54, 1.807) is 18.5 Å². The minimum absolute atomic E-state index is 0.845. The Hall–Kier alpha value is -1.77. The number of hydrogen-bond acceptors (Lipinski definition) is 3. The molecule has 0 aromatic carbocycles. The first kappa shape index (κ1) is 6.91. The molecule has 0 saturated carbocycles. The van der Waals surface area contributed by atoms with Gasteiger partial charge in [-0.1, -0.05) is 6.07 Å². The molecule has 2 aromatic rings. The molecule has 3 nitrogen and oxygen atoms in total. The van der Waals surface area contributed by atoms with Crippen molar-refractivity contribution in [3.63, 3.8) is 0 Å². The van der Waals surface area contributed by atoms with Crippen molar-refractivity contribution >= 4 is 0 Å². The van der Waals surface area contributed by atoms with E-state index < -0.39 is 0 Å². The van der Waals surface area contributed by atoms with Crippen LogP contribution < -0.4 is 0 Å². The molecule has 0 unspecified atom stereocenters. The van der Waals surface area contributed by atoms with Crippen LogP contribution in [0.15, 0.2) is 36.9 Å². The van der Waals surface area contributed by atoms with E-state index in [0.29, 0.717) is 0 Å². The van der Waals surface area contributed by atoms with E-state index in [2.05, 4.69) is 21.1 Å². The molecule has 2 rings (SSSR count). The first-order chi connectivity index (χ1) is 5.97. The lowest BCUT2D eigenvalue weighted by atomic mass is 10.2. The Bertz CT molecular complexity index is 307. The van der Waals surface area contributed by atoms with Crippen LogP contribution in [0.4, 0.5) is 0 Å². The van der Waals surface area contributed by atoms with E-state index in [1.807, 2.05) is 12.1 Å². The van der Waals surface area contributed by atoms with Gasteiger partial charge in [-0.25, -0.2) is 15.0 Å². The van der Waals surface area contributed by atoms with Gasteiger partial charge in [0.05, 0.1) is 11.9 Å². The topological polar surface area (TPSA) is 38.7 Å². The normalized spacial score (nSPS) is 9.67. The molecule has 1 radical (unpaired) electrons. The summed E-state index contributed by atoms with van der Waals surface area (Å²) in [6.45, 7) is 0. The summed E-state index contributed by atoms with van der Waals surface area (Å²) in [6, 6.07) is 5.54. The van der Waals surface area contributed by atoms with Crippen molar-refractivity contribution in [1.82, 2.24) is 15.0 Å². The van der Waals surface area contributed by atoms with Crippen molar-refractivity contribution in [3.8, 4) is 11.3 Å². The first-order valence-electron chi connectivity index (χ1n) is 3.55. The molecule has 57 valence electrons. The zero-order valence-electron chi connectivity index (χ0n) is 6.31. The van der Waals surface area contributed by atoms with Gasteiger partial charge in [0, 0.05) is 18.0 Å². The lowest BCUT2D eigenvalue weighted by molar-refractivity contribution is 1.16. The minimum atomic E-state index is 0.845. The number of pyridine rings is 1. The third-order valence-corrected chi connectivity index (χ3v) is 1.47. The summed E-state index contributed by atoms with van der Waals surface area (Å²) < 4.78 is 0. The standard InChI is InChI=1S/C9H6N3/c1-2-4-12-9(3-1)8-5-10-7-11-6-8/h1-3,5-7H. The van der Waals surface area contributed by atoms with Crippen molar-refractivity contribution in [1.29, 1.82) is 0 Å². The van der Waals surface area contributed by atoms with Gasteiger partial charge in [0.25, 0.3) is 0 Å². The van der Waals surface area contributed by atoms with Crippen LogP contribution in [0.3, 0.4) is 0 Å². The van der Waals surface area contributed by atoms with Gasteiger partial charge in [-0.2, -0.15) is 0 Å². The number of aromatic nitrogens is 3. The summed E-state index contributed by atoms with van der Waals surface area (Å²) >= 11 is 0. The van der Waals surface area contributed by atoms with Gasteiger partial charge in [0.2, 0.25) is 0 Å². The summed E-state index contributed by atoms with van der Waals surface area (Å²) in [7, 11) is 0. The quantitative estimate of drug-likeness (QED) is 0.625. The van der Waals surface area contributed by atoms with E-state index in [1.165, 1.54) is 6.33 Å². The highest BCUT2D eigenvalue weighted by Gasteiger charge is 1.95. The highest BCUT2D eigenvalue weighted by molar-refractivity contribution is 5.55. The molecule has 3 heteroatoms. The second-order valence-electron chi connectivity index (χ2n) is 2.28. The molecule has 0 atom stereocenters. The van der Waals surface area contributed by atoms with Gasteiger partial charge in [0.1, 0.15) is 6.33 Å². The van der Waals surface area contributed by atoms with Gasteiger partial charge in [0.15, 0.2) is 0 Å². The number of nitrogens with zero attached hydrogens (tertiary/aromatic N) is 3. The van der Waals surface area contributed by atoms with Crippen LogP contribution in [0.1, 0.15) is 0 Å². The van der Waals surface area contributed by atoms with Gasteiger partial charge in [-0.3, -0.25) is 0 Å². The molecule has 0 aliphatic carbocycles. The average Bonchev–Trinajstić information content (AvgIpc) is 2.21. The summed E-state index contributed by atoms with van der Waals surface area (Å²) in [4.78, 5) is 11.8. The fraction of sp³-hybridized carbons (Fsp3) is 0. The van der Waals surface area contributed by atoms with Gasteiger partial charge in [-0.05, 0) is 12.1 Å². The lowest BCUT2D eigenvalue weighted by Gasteiger charge is -1.95. The number of hydrogen-bond donors (Lipinski definition) is 0. The zero-order chi connectivity index (χ0) is 8.23. The summed E-state index contributed by atoms with van der Waals surface area (Å²) in [5, 5.41) is 0. The van der Waals surface area contributed by atoms with Crippen LogP contribution in [0, 0.1) is 6.20 Å². The monoisotopic (exact) mass is 156 g/mol. The first-order valence-corrected chi connectivity index (χ1v) is 3.55. The minimum Gasteiger partial charge on any atom is -0.246 e. The fourth-order valence-corrected chi connectivity index (χ4v) is 0.919. The molecular weight excluding hydrogens is 150 g/mol. The van der Waals surface area contributed by atoms with Crippen LogP contribution in [0.5, 0.6) is 0 Å². The van der Waals surface area contributed by atoms with Crippen molar-refractivity contribution in [2.45, 2.75) is 0 Å². The molecule has 2 aromatic heterocycles. The molecular formula is C9H6N3. The summed E-state index contributed by atoms with van der Waals surface area (Å²) in [6.07, 6.45) is 7.70. The summed E-state index contributed by atoms with van der Waals surface area (Å²) in [5.74, 6) is 0. The zero-order valence-corrected chi connectivity index (χ0v) is 6.31. The van der Waals surface area contributed by atoms with Crippen LogP contribution in [-0.2, 0) is 0 Å². The molecule has 2 heterocycles. The Morgan fingerprint density at radius 3 is 2.67 bits per heavy atom. The molecule has 0 fully saturated rings. The van der Waals surface area contributed by atoms with Gasteiger partial charge < -0.3 is 0 Å². The van der Waals surface area contributed by atoms with E-state index in [0.717, 1.165) is 11.3 Å². The number of rotatable bonds is 1. The largest absolute Gasteiger partial charge is 0.246 e. The van der Waals surface area contributed by atoms with Crippen molar-refractivity contribution < 1.29 is 0 Å². The van der Waals surface area contributed by atoms with E-state index in [-0.39, 0.29) is 0 Å². The highest BCUT2D eigenvalue weighted by atomic mass is 14.8. The van der Waals surface area contributed by atoms with Gasteiger partial charge >= 0.3 is 0 Å². The second kappa shape index (κ2) is 3.09. The smallest absolute Gasteiger partial charge is 0.115 e.